The van der Waals surface area contributed by atoms with Crippen LogP contribution in [0.1, 0.15) is 24.4 Å². The molecule has 1 aromatic rings. The van der Waals surface area contributed by atoms with E-state index in [9.17, 15) is 0 Å². The van der Waals surface area contributed by atoms with Gasteiger partial charge in [-0.05, 0) is 38.6 Å². The zero-order chi connectivity index (χ0) is 11.1. The first kappa shape index (κ1) is 11.1. The Morgan fingerprint density at radius 1 is 1.33 bits per heavy atom. The summed E-state index contributed by atoms with van der Waals surface area (Å²) in [5.74, 6) is 0. The lowest BCUT2D eigenvalue weighted by molar-refractivity contribution is 0.245. The summed E-state index contributed by atoms with van der Waals surface area (Å²) in [7, 11) is 4.19. The number of hydrogen-bond acceptors (Lipinski definition) is 2. The number of likely N-dealkylation sites (N-methyl/N-ethyl adjacent to an activating group) is 1. The normalized spacial score (nSPS) is 20.3. The van der Waals surface area contributed by atoms with Crippen molar-refractivity contribution < 1.29 is 0 Å². The topological polar surface area (TPSA) is 29.3 Å². The zero-order valence-electron chi connectivity index (χ0n) is 9.20. The van der Waals surface area contributed by atoms with Crippen LogP contribution in [0, 0.1) is 0 Å². The fourth-order valence-corrected chi connectivity index (χ4v) is 2.72. The average Bonchev–Trinajstić information content (AvgIpc) is 2.88. The summed E-state index contributed by atoms with van der Waals surface area (Å²) in [4.78, 5) is 2.22. The standard InChI is InChI=1S/C12H17BrN2/c1-15(2)11(12(14)7-8-12)9-5-3-4-6-10(9)13/h3-6,11H,7-8,14H2,1-2H3. The predicted octanol–water partition coefficient (Wildman–Crippen LogP) is 2.54. The monoisotopic (exact) mass is 268 g/mol. The Kier molecular flexibility index (Phi) is 2.88. The highest BCUT2D eigenvalue weighted by atomic mass is 79.9. The summed E-state index contributed by atoms with van der Waals surface area (Å²) in [5, 5.41) is 0. The van der Waals surface area contributed by atoms with Gasteiger partial charge in [0.25, 0.3) is 0 Å². The molecule has 1 saturated carbocycles. The minimum Gasteiger partial charge on any atom is -0.323 e. The van der Waals surface area contributed by atoms with E-state index in [-0.39, 0.29) is 5.54 Å². The first-order chi connectivity index (χ1) is 7.04. The minimum atomic E-state index is -0.0205. The average molecular weight is 269 g/mol. The van der Waals surface area contributed by atoms with Crippen LogP contribution in [-0.2, 0) is 0 Å². The molecule has 2 rings (SSSR count). The number of rotatable bonds is 3. The molecule has 0 heterocycles. The third kappa shape index (κ3) is 2.10. The smallest absolute Gasteiger partial charge is 0.0534 e. The lowest BCUT2D eigenvalue weighted by Gasteiger charge is -2.31. The van der Waals surface area contributed by atoms with E-state index in [2.05, 4.69) is 53.1 Å². The maximum Gasteiger partial charge on any atom is 0.0534 e. The second-order valence-corrected chi connectivity index (χ2v) is 5.48. The highest BCUT2D eigenvalue weighted by molar-refractivity contribution is 9.10. The molecule has 1 fully saturated rings. The SMILES string of the molecule is CN(C)C(c1ccccc1Br)C1(N)CC1. The van der Waals surface area contributed by atoms with Crippen molar-refractivity contribution in [1.29, 1.82) is 0 Å². The van der Waals surface area contributed by atoms with Gasteiger partial charge in [0, 0.05) is 10.0 Å². The predicted molar refractivity (Wildman–Crippen MR) is 66.7 cm³/mol. The number of halogens is 1. The second kappa shape index (κ2) is 3.89. The summed E-state index contributed by atoms with van der Waals surface area (Å²) < 4.78 is 1.15. The Labute approximate surface area is 99.6 Å². The van der Waals surface area contributed by atoms with E-state index in [1.807, 2.05) is 6.07 Å². The quantitative estimate of drug-likeness (QED) is 0.913. The molecule has 0 saturated heterocycles. The summed E-state index contributed by atoms with van der Waals surface area (Å²) in [5.41, 5.74) is 7.60. The third-order valence-electron chi connectivity index (χ3n) is 3.09. The molecule has 15 heavy (non-hydrogen) atoms. The Morgan fingerprint density at radius 3 is 2.40 bits per heavy atom. The first-order valence-corrected chi connectivity index (χ1v) is 6.04. The van der Waals surface area contributed by atoms with Gasteiger partial charge in [0.1, 0.15) is 0 Å². The lowest BCUT2D eigenvalue weighted by Crippen LogP contribution is -2.39. The van der Waals surface area contributed by atoms with Crippen LogP contribution < -0.4 is 5.73 Å². The Morgan fingerprint density at radius 2 is 1.93 bits per heavy atom. The highest BCUT2D eigenvalue weighted by Gasteiger charge is 2.47. The van der Waals surface area contributed by atoms with Gasteiger partial charge in [-0.2, -0.15) is 0 Å². The van der Waals surface area contributed by atoms with Gasteiger partial charge in [0.2, 0.25) is 0 Å². The zero-order valence-corrected chi connectivity index (χ0v) is 10.8. The van der Waals surface area contributed by atoms with Crippen molar-refractivity contribution in [3.05, 3.63) is 34.3 Å². The van der Waals surface area contributed by atoms with Gasteiger partial charge in [0.15, 0.2) is 0 Å². The van der Waals surface area contributed by atoms with Crippen LogP contribution in [0.5, 0.6) is 0 Å². The molecule has 1 aliphatic carbocycles. The Balaban J connectivity index is 2.37. The highest BCUT2D eigenvalue weighted by Crippen LogP contribution is 2.47. The molecule has 1 unspecified atom stereocenters. The third-order valence-corrected chi connectivity index (χ3v) is 3.81. The summed E-state index contributed by atoms with van der Waals surface area (Å²) in [6, 6.07) is 8.66. The van der Waals surface area contributed by atoms with E-state index >= 15 is 0 Å². The van der Waals surface area contributed by atoms with Crippen LogP contribution >= 0.6 is 15.9 Å². The van der Waals surface area contributed by atoms with Crippen LogP contribution in [0.4, 0.5) is 0 Å². The molecule has 1 aliphatic rings. The van der Waals surface area contributed by atoms with E-state index in [4.69, 9.17) is 5.73 Å². The minimum absolute atomic E-state index is 0.0205. The van der Waals surface area contributed by atoms with Crippen molar-refractivity contribution in [2.75, 3.05) is 14.1 Å². The van der Waals surface area contributed by atoms with Gasteiger partial charge >= 0.3 is 0 Å². The molecule has 0 bridgehead atoms. The summed E-state index contributed by atoms with van der Waals surface area (Å²) in [6.07, 6.45) is 2.24. The van der Waals surface area contributed by atoms with E-state index in [1.165, 1.54) is 5.56 Å². The second-order valence-electron chi connectivity index (χ2n) is 4.62. The molecule has 2 nitrogen and oxygen atoms in total. The van der Waals surface area contributed by atoms with Crippen molar-refractivity contribution in [3.63, 3.8) is 0 Å². The Hall–Kier alpha value is -0.380. The summed E-state index contributed by atoms with van der Waals surface area (Å²) >= 11 is 3.60. The van der Waals surface area contributed by atoms with Crippen LogP contribution in [0.15, 0.2) is 28.7 Å². The molecule has 1 aromatic carbocycles. The number of benzene rings is 1. The Bertz CT molecular complexity index is 358. The van der Waals surface area contributed by atoms with Gasteiger partial charge in [-0.25, -0.2) is 0 Å². The van der Waals surface area contributed by atoms with E-state index < -0.39 is 0 Å². The molecule has 0 aromatic heterocycles. The molecule has 0 amide bonds. The number of hydrogen-bond donors (Lipinski definition) is 1. The molecule has 0 radical (unpaired) electrons. The maximum atomic E-state index is 6.33. The molecule has 82 valence electrons. The fraction of sp³-hybridized carbons (Fsp3) is 0.500. The lowest BCUT2D eigenvalue weighted by atomic mass is 9.97. The largest absolute Gasteiger partial charge is 0.323 e. The maximum absolute atomic E-state index is 6.33. The van der Waals surface area contributed by atoms with Gasteiger partial charge in [-0.15, -0.1) is 0 Å². The van der Waals surface area contributed by atoms with Gasteiger partial charge in [-0.1, -0.05) is 34.1 Å². The van der Waals surface area contributed by atoms with E-state index in [0.717, 1.165) is 17.3 Å². The van der Waals surface area contributed by atoms with Crippen molar-refractivity contribution >= 4 is 15.9 Å². The van der Waals surface area contributed by atoms with Gasteiger partial charge < -0.3 is 10.6 Å². The van der Waals surface area contributed by atoms with Crippen molar-refractivity contribution in [2.24, 2.45) is 5.73 Å². The fourth-order valence-electron chi connectivity index (χ4n) is 2.22. The van der Waals surface area contributed by atoms with Crippen molar-refractivity contribution in [3.8, 4) is 0 Å². The number of nitrogens with two attached hydrogens (primary N) is 1. The van der Waals surface area contributed by atoms with Gasteiger partial charge in [0.05, 0.1) is 6.04 Å². The number of nitrogens with zero attached hydrogens (tertiary/aromatic N) is 1. The molecular formula is C12H17BrN2. The molecule has 0 spiro atoms. The molecule has 0 aliphatic heterocycles. The van der Waals surface area contributed by atoms with Crippen molar-refractivity contribution in [1.82, 2.24) is 4.90 Å². The first-order valence-electron chi connectivity index (χ1n) is 5.24. The van der Waals surface area contributed by atoms with E-state index in [1.54, 1.807) is 0 Å². The molecule has 2 N–H and O–H groups in total. The van der Waals surface area contributed by atoms with Crippen LogP contribution in [0.2, 0.25) is 0 Å². The molecule has 1 atom stereocenters. The van der Waals surface area contributed by atoms with Crippen LogP contribution in [0.3, 0.4) is 0 Å². The van der Waals surface area contributed by atoms with E-state index in [0.29, 0.717) is 6.04 Å². The van der Waals surface area contributed by atoms with Crippen LogP contribution in [-0.4, -0.2) is 24.5 Å². The molecular weight excluding hydrogens is 252 g/mol. The van der Waals surface area contributed by atoms with Gasteiger partial charge in [-0.3, -0.25) is 0 Å². The van der Waals surface area contributed by atoms with Crippen LogP contribution in [0.25, 0.3) is 0 Å². The summed E-state index contributed by atoms with van der Waals surface area (Å²) in [6.45, 7) is 0. The van der Waals surface area contributed by atoms with Crippen molar-refractivity contribution in [2.45, 2.75) is 24.4 Å². The molecule has 3 heteroatoms.